The molecule has 2 N–H and O–H groups in total. The lowest BCUT2D eigenvalue weighted by atomic mass is 9.96. The first-order chi connectivity index (χ1) is 13.6. The zero-order chi connectivity index (χ0) is 19.7. The van der Waals surface area contributed by atoms with Gasteiger partial charge in [-0.25, -0.2) is 0 Å². The molecule has 0 radical (unpaired) electrons. The Morgan fingerprint density at radius 2 is 1.86 bits per heavy atom. The third-order valence-electron chi connectivity index (χ3n) is 4.94. The van der Waals surface area contributed by atoms with Crippen LogP contribution in [0.4, 0.5) is 5.69 Å². The Hall–Kier alpha value is -2.27. The molecule has 0 aliphatic carbocycles. The molecule has 1 heterocycles. The molecular weight excluding hydrogens is 390 g/mol. The molecule has 0 amide bonds. The molecule has 0 saturated heterocycles. The van der Waals surface area contributed by atoms with Gasteiger partial charge >= 0.3 is 0 Å². The number of fused-ring (bicyclic) bond motifs is 1. The summed E-state index contributed by atoms with van der Waals surface area (Å²) in [6, 6.07) is 19.7. The molecule has 1 aliphatic heterocycles. The fourth-order valence-corrected chi connectivity index (χ4v) is 5.07. The summed E-state index contributed by atoms with van der Waals surface area (Å²) in [6.07, 6.45) is 0.642. The summed E-state index contributed by atoms with van der Waals surface area (Å²) in [7, 11) is 0. The Labute approximate surface area is 173 Å². The van der Waals surface area contributed by atoms with Gasteiger partial charge in [0.1, 0.15) is 5.75 Å². The summed E-state index contributed by atoms with van der Waals surface area (Å²) < 4.78 is 0. The third kappa shape index (κ3) is 3.68. The lowest BCUT2D eigenvalue weighted by Gasteiger charge is -2.19. The van der Waals surface area contributed by atoms with Crippen LogP contribution in [0.5, 0.6) is 5.75 Å². The van der Waals surface area contributed by atoms with E-state index in [4.69, 9.17) is 16.6 Å². The molecule has 3 nitrogen and oxygen atoms in total. The molecule has 0 saturated carbocycles. The number of aliphatic hydroxyl groups is 1. The molecule has 0 spiro atoms. The molecular formula is C23H20ClNO2S. The number of hydrogen-bond acceptors (Lipinski definition) is 4. The fraction of sp³-hybridized carbons (Fsp3) is 0.174. The Kier molecular flexibility index (Phi) is 5.44. The van der Waals surface area contributed by atoms with Crippen LogP contribution in [-0.2, 0) is 6.61 Å². The largest absolute Gasteiger partial charge is 0.507 e. The van der Waals surface area contributed by atoms with E-state index in [2.05, 4.69) is 31.2 Å². The van der Waals surface area contributed by atoms with E-state index in [-0.39, 0.29) is 17.6 Å². The van der Waals surface area contributed by atoms with Crippen LogP contribution >= 0.6 is 23.4 Å². The molecule has 1 atom stereocenters. The Bertz CT molecular complexity index is 1060. The smallest absolute Gasteiger partial charge is 0.130 e. The molecule has 3 aromatic carbocycles. The van der Waals surface area contributed by atoms with Crippen LogP contribution in [-0.4, -0.2) is 15.9 Å². The van der Waals surface area contributed by atoms with Crippen molar-refractivity contribution in [2.24, 2.45) is 4.99 Å². The van der Waals surface area contributed by atoms with Gasteiger partial charge in [0.15, 0.2) is 0 Å². The van der Waals surface area contributed by atoms with Crippen molar-refractivity contribution in [3.8, 4) is 5.75 Å². The van der Waals surface area contributed by atoms with Crippen LogP contribution in [0.25, 0.3) is 0 Å². The van der Waals surface area contributed by atoms with E-state index in [9.17, 15) is 10.2 Å². The predicted octanol–water partition coefficient (Wildman–Crippen LogP) is 6.20. The van der Waals surface area contributed by atoms with Gasteiger partial charge in [-0.2, -0.15) is 0 Å². The Morgan fingerprint density at radius 1 is 1.11 bits per heavy atom. The van der Waals surface area contributed by atoms with Gasteiger partial charge in [0.2, 0.25) is 0 Å². The zero-order valence-electron chi connectivity index (χ0n) is 15.4. The number of nitrogens with zero attached hydrogens (tertiary/aromatic N) is 1. The van der Waals surface area contributed by atoms with E-state index in [1.807, 2.05) is 24.3 Å². The summed E-state index contributed by atoms with van der Waals surface area (Å²) in [4.78, 5) is 5.99. The molecule has 1 aliphatic rings. The van der Waals surface area contributed by atoms with Gasteiger partial charge in [-0.1, -0.05) is 48.0 Å². The molecule has 142 valence electrons. The van der Waals surface area contributed by atoms with E-state index in [0.717, 1.165) is 16.3 Å². The van der Waals surface area contributed by atoms with Crippen molar-refractivity contribution in [1.29, 1.82) is 0 Å². The van der Waals surface area contributed by atoms with Crippen LogP contribution in [0.2, 0.25) is 5.02 Å². The topological polar surface area (TPSA) is 52.8 Å². The average molecular weight is 410 g/mol. The monoisotopic (exact) mass is 409 g/mol. The van der Waals surface area contributed by atoms with Crippen molar-refractivity contribution in [3.63, 3.8) is 0 Å². The van der Waals surface area contributed by atoms with Crippen LogP contribution < -0.4 is 0 Å². The maximum absolute atomic E-state index is 10.7. The first kappa shape index (κ1) is 19.1. The molecule has 1 unspecified atom stereocenters. The highest BCUT2D eigenvalue weighted by Crippen LogP contribution is 2.47. The standard InChI is InChI=1S/C23H20ClNO2S/c1-14-6-2-3-7-17(14)22-12-20(25-19-8-4-5-9-21(19)28-22)18-11-16(24)10-15(13-26)23(18)27/h2-11,22,26-27H,12-13H2,1H3. The summed E-state index contributed by atoms with van der Waals surface area (Å²) in [5.74, 6) is 0.0403. The minimum absolute atomic E-state index is 0.0403. The van der Waals surface area contributed by atoms with E-state index in [1.54, 1.807) is 23.9 Å². The number of aryl methyl sites for hydroxylation is 1. The average Bonchev–Trinajstić information content (AvgIpc) is 2.89. The van der Waals surface area contributed by atoms with Crippen LogP contribution in [0, 0.1) is 6.92 Å². The number of phenols is 1. The van der Waals surface area contributed by atoms with E-state index < -0.39 is 0 Å². The van der Waals surface area contributed by atoms with Crippen molar-refractivity contribution in [3.05, 3.63) is 87.9 Å². The van der Waals surface area contributed by atoms with Gasteiger partial charge in [-0.05, 0) is 42.3 Å². The van der Waals surface area contributed by atoms with E-state index in [0.29, 0.717) is 22.6 Å². The summed E-state index contributed by atoms with van der Waals surface area (Å²) in [5, 5.41) is 20.9. The number of halogens is 1. The highest BCUT2D eigenvalue weighted by molar-refractivity contribution is 7.99. The van der Waals surface area contributed by atoms with Crippen LogP contribution in [0.3, 0.4) is 0 Å². The first-order valence-corrected chi connectivity index (χ1v) is 10.3. The van der Waals surface area contributed by atoms with Gasteiger partial charge in [-0.15, -0.1) is 11.8 Å². The van der Waals surface area contributed by atoms with Crippen molar-refractivity contribution < 1.29 is 10.2 Å². The number of aliphatic hydroxyl groups excluding tert-OH is 1. The minimum Gasteiger partial charge on any atom is -0.507 e. The van der Waals surface area contributed by atoms with Gasteiger partial charge < -0.3 is 10.2 Å². The highest BCUT2D eigenvalue weighted by Gasteiger charge is 2.25. The SMILES string of the molecule is Cc1ccccc1C1CC(c2cc(Cl)cc(CO)c2O)=Nc2ccccc2S1. The van der Waals surface area contributed by atoms with Crippen molar-refractivity contribution in [2.45, 2.75) is 30.1 Å². The predicted molar refractivity (Wildman–Crippen MR) is 116 cm³/mol. The van der Waals surface area contributed by atoms with Crippen molar-refractivity contribution >= 4 is 34.8 Å². The minimum atomic E-state index is -0.279. The number of para-hydroxylation sites is 1. The van der Waals surface area contributed by atoms with Crippen molar-refractivity contribution in [2.75, 3.05) is 0 Å². The lowest BCUT2D eigenvalue weighted by molar-refractivity contribution is 0.275. The first-order valence-electron chi connectivity index (χ1n) is 9.08. The number of thioether (sulfide) groups is 1. The number of aromatic hydroxyl groups is 1. The molecule has 5 heteroatoms. The summed E-state index contributed by atoms with van der Waals surface area (Å²) in [5.41, 5.74) is 5.10. The number of aliphatic imine (C=N–C) groups is 1. The number of benzene rings is 3. The molecule has 0 bridgehead atoms. The molecule has 28 heavy (non-hydrogen) atoms. The maximum atomic E-state index is 10.7. The van der Waals surface area contributed by atoms with E-state index >= 15 is 0 Å². The van der Waals surface area contributed by atoms with Gasteiger partial charge in [0, 0.05) is 32.7 Å². The highest BCUT2D eigenvalue weighted by atomic mass is 35.5. The molecule has 0 aromatic heterocycles. The van der Waals surface area contributed by atoms with Gasteiger partial charge in [0.25, 0.3) is 0 Å². The van der Waals surface area contributed by atoms with Crippen molar-refractivity contribution in [1.82, 2.24) is 0 Å². The lowest BCUT2D eigenvalue weighted by Crippen LogP contribution is -2.08. The maximum Gasteiger partial charge on any atom is 0.130 e. The zero-order valence-corrected chi connectivity index (χ0v) is 17.0. The fourth-order valence-electron chi connectivity index (χ4n) is 3.50. The second kappa shape index (κ2) is 8.00. The molecule has 3 aromatic rings. The Balaban J connectivity index is 1.88. The number of rotatable bonds is 3. The van der Waals surface area contributed by atoms with Crippen LogP contribution in [0.1, 0.15) is 33.9 Å². The Morgan fingerprint density at radius 3 is 2.64 bits per heavy atom. The summed E-state index contributed by atoms with van der Waals surface area (Å²) >= 11 is 8.04. The van der Waals surface area contributed by atoms with E-state index in [1.165, 1.54) is 11.1 Å². The van der Waals surface area contributed by atoms with Crippen LogP contribution in [0.15, 0.2) is 70.6 Å². The van der Waals surface area contributed by atoms with Gasteiger partial charge in [-0.3, -0.25) is 4.99 Å². The number of hydrogen-bond donors (Lipinski definition) is 2. The third-order valence-corrected chi connectivity index (χ3v) is 6.46. The quantitative estimate of drug-likeness (QED) is 0.541. The normalized spacial score (nSPS) is 16.2. The van der Waals surface area contributed by atoms with Gasteiger partial charge in [0.05, 0.1) is 18.0 Å². The second-order valence-corrected chi connectivity index (χ2v) is 8.49. The second-order valence-electron chi connectivity index (χ2n) is 6.81. The summed E-state index contributed by atoms with van der Waals surface area (Å²) in [6.45, 7) is 1.84. The molecule has 4 rings (SSSR count). The molecule has 0 fully saturated rings.